The molecule has 0 bridgehead atoms. The van der Waals surface area contributed by atoms with Gasteiger partial charge in [-0.25, -0.2) is 0 Å². The Hall–Kier alpha value is 2.81. The van der Waals surface area contributed by atoms with E-state index in [0.29, 0.717) is 0 Å². The Balaban J connectivity index is -0.00000000800. The van der Waals surface area contributed by atoms with Gasteiger partial charge >= 0.3 is 95.3 Å². The standard InChI is InChI=1S/Ba.Ga.GeH4.H4O4Si.5H/c;;;1-5(2,3)4;;;;;/h;;1H4;1-4H;;;;;/q+2;;;;;;;2*-1. The van der Waals surface area contributed by atoms with Crippen molar-refractivity contribution in [1.82, 2.24) is 0 Å². The first-order valence-electron chi connectivity index (χ1n) is 0.894. The molecule has 0 aliphatic rings. The Morgan fingerprint density at radius 1 is 1.00 bits per heavy atom. The third-order valence-electron chi connectivity index (χ3n) is 0. The average molecular weight is 385 g/mol. The van der Waals surface area contributed by atoms with Gasteiger partial charge in [0.1, 0.15) is 0 Å². The van der Waals surface area contributed by atoms with Crippen molar-refractivity contribution < 1.29 is 22.0 Å². The minimum Gasteiger partial charge on any atom is -1.00 e. The molecule has 0 atom stereocenters. The number of rotatable bonds is 0. The molecule has 8 heteroatoms. The van der Waals surface area contributed by atoms with Crippen LogP contribution in [0.15, 0.2) is 0 Å². The Kier molecular flexibility index (Phi) is 27.5. The van der Waals surface area contributed by atoms with Crippen molar-refractivity contribution in [3.8, 4) is 0 Å². The zero-order valence-electron chi connectivity index (χ0n) is 5.00. The Morgan fingerprint density at radius 2 is 1.00 bits per heavy atom. The summed E-state index contributed by atoms with van der Waals surface area (Å²) in [6.45, 7) is 0. The van der Waals surface area contributed by atoms with Crippen LogP contribution < -0.4 is 0 Å². The molecule has 0 spiro atoms. The van der Waals surface area contributed by atoms with E-state index >= 15 is 0 Å². The molecule has 0 aliphatic heterocycles. The molecule has 0 rings (SSSR count). The van der Waals surface area contributed by atoms with Crippen LogP contribution in [0, 0.1) is 0 Å². The van der Waals surface area contributed by atoms with E-state index in [4.69, 9.17) is 19.2 Å². The Morgan fingerprint density at radius 3 is 1.00 bits per heavy atom. The van der Waals surface area contributed by atoms with Crippen molar-refractivity contribution in [2.24, 2.45) is 0 Å². The topological polar surface area (TPSA) is 80.9 Å². The molecule has 0 aromatic heterocycles. The summed E-state index contributed by atoms with van der Waals surface area (Å²) in [7, 11) is -4.61. The van der Waals surface area contributed by atoms with Crippen molar-refractivity contribution >= 4 is 95.3 Å². The van der Waals surface area contributed by atoms with Gasteiger partial charge in [-0.05, 0) is 0 Å². The average Bonchev–Trinajstić information content (AvgIpc) is 0.722. The molecule has 4 N–H and O–H groups in total. The normalized spacial score (nSPS) is 7.50. The molecule has 8 heavy (non-hydrogen) atoms. The smallest absolute Gasteiger partial charge is 1.00 e. The van der Waals surface area contributed by atoms with Crippen LogP contribution in [-0.4, -0.2) is 114 Å². The first-order chi connectivity index (χ1) is 2.00. The summed E-state index contributed by atoms with van der Waals surface area (Å²) in [5.74, 6) is 0. The van der Waals surface area contributed by atoms with Crippen LogP contribution in [0.2, 0.25) is 0 Å². The third-order valence-corrected chi connectivity index (χ3v) is 0. The first-order valence-corrected chi connectivity index (χ1v) is 2.68. The van der Waals surface area contributed by atoms with E-state index in [1.807, 2.05) is 0 Å². The maximum absolute atomic E-state index is 7.33. The second-order valence-electron chi connectivity index (χ2n) is 0.600. The predicted octanol–water partition coefficient (Wildman–Crippen LogP) is -5.40. The van der Waals surface area contributed by atoms with Gasteiger partial charge in [-0.15, -0.1) is 0 Å². The monoisotopic (exact) mass is 386 g/mol. The van der Waals surface area contributed by atoms with E-state index in [-0.39, 0.29) is 89.1 Å². The summed E-state index contributed by atoms with van der Waals surface area (Å²) in [5.41, 5.74) is 0. The van der Waals surface area contributed by atoms with Crippen molar-refractivity contribution in [2.75, 3.05) is 0 Å². The molecule has 0 aromatic rings. The molecule has 0 saturated carbocycles. The second kappa shape index (κ2) is 9.81. The largest absolute Gasteiger partial charge is 1.00 e. The van der Waals surface area contributed by atoms with E-state index < -0.39 is 9.05 Å². The van der Waals surface area contributed by atoms with Gasteiger partial charge < -0.3 is 22.0 Å². The van der Waals surface area contributed by atoms with Crippen LogP contribution in [0.1, 0.15) is 2.85 Å². The molecule has 0 radical (unpaired) electrons. The molecular weight excluding hydrogens is 372 g/mol. The van der Waals surface area contributed by atoms with Crippen LogP contribution in [0.3, 0.4) is 0 Å². The summed E-state index contributed by atoms with van der Waals surface area (Å²) in [5, 5.41) is 0. The van der Waals surface area contributed by atoms with Crippen molar-refractivity contribution in [2.45, 2.75) is 0 Å². The van der Waals surface area contributed by atoms with Gasteiger partial charge in [-0.2, -0.15) is 0 Å². The fourth-order valence-electron chi connectivity index (χ4n) is 0. The van der Waals surface area contributed by atoms with E-state index in [1.165, 1.54) is 0 Å². The van der Waals surface area contributed by atoms with Gasteiger partial charge in [0.15, 0.2) is 0 Å². The molecule has 0 unspecified atom stereocenters. The third kappa shape index (κ3) is 68.1. The maximum Gasteiger partial charge on any atom is -1.00 e. The molecule has 4 nitrogen and oxygen atoms in total. The van der Waals surface area contributed by atoms with Gasteiger partial charge in [-0.1, -0.05) is 0 Å². The van der Waals surface area contributed by atoms with E-state index in [9.17, 15) is 0 Å². The minimum atomic E-state index is -4.61. The molecular formula is H13BaGaGeO4Si. The number of hydrogen-bond acceptors (Lipinski definition) is 4. The van der Waals surface area contributed by atoms with Crippen molar-refractivity contribution in [1.29, 1.82) is 0 Å². The van der Waals surface area contributed by atoms with E-state index in [1.54, 1.807) is 0 Å². The molecule has 0 heterocycles. The van der Waals surface area contributed by atoms with Crippen LogP contribution in [0.4, 0.5) is 0 Å². The zero-order valence-corrected chi connectivity index (χ0v) is 8.44. The molecule has 0 aliphatic carbocycles. The van der Waals surface area contributed by atoms with Crippen LogP contribution in [-0.2, 0) is 0 Å². The van der Waals surface area contributed by atoms with Gasteiger partial charge in [0.2, 0.25) is 0 Å². The van der Waals surface area contributed by atoms with E-state index in [0.717, 1.165) is 0 Å². The Labute approximate surface area is 115 Å². The summed E-state index contributed by atoms with van der Waals surface area (Å²) < 4.78 is 0. The fourth-order valence-corrected chi connectivity index (χ4v) is 0. The van der Waals surface area contributed by atoms with Crippen LogP contribution in [0.5, 0.6) is 0 Å². The molecule has 0 saturated heterocycles. The fraction of sp³-hybridized carbons (Fsp3) is 0. The number of hydrogen-bond donors (Lipinski definition) is 4. The molecule has 50 valence electrons. The molecule has 0 aromatic carbocycles. The van der Waals surface area contributed by atoms with E-state index in [2.05, 4.69) is 0 Å². The van der Waals surface area contributed by atoms with Gasteiger partial charge in [-0.3, -0.25) is 0 Å². The molecule has 0 fully saturated rings. The second-order valence-corrected chi connectivity index (χ2v) is 1.80. The van der Waals surface area contributed by atoms with Gasteiger partial charge in [0.25, 0.3) is 0 Å². The Bertz CT molecular complexity index is 38.7. The quantitative estimate of drug-likeness (QED) is 0.314. The van der Waals surface area contributed by atoms with Crippen LogP contribution >= 0.6 is 0 Å². The van der Waals surface area contributed by atoms with Crippen molar-refractivity contribution in [3.63, 3.8) is 0 Å². The minimum absolute atomic E-state index is 0. The van der Waals surface area contributed by atoms with Crippen LogP contribution in [0.25, 0.3) is 0 Å². The molecule has 0 amide bonds. The predicted molar refractivity (Wildman–Crippen MR) is 43.9 cm³/mol. The van der Waals surface area contributed by atoms with Crippen molar-refractivity contribution in [3.05, 3.63) is 0 Å². The first kappa shape index (κ1) is 22.4. The SMILES string of the molecule is O[Si](O)(O)O.[Ba+2].[GaH3].[GeH4].[H-].[H-]. The summed E-state index contributed by atoms with van der Waals surface area (Å²) in [6, 6.07) is 0. The summed E-state index contributed by atoms with van der Waals surface area (Å²) in [4.78, 5) is 29.3. The maximum atomic E-state index is 7.33. The zero-order chi connectivity index (χ0) is 4.50. The summed E-state index contributed by atoms with van der Waals surface area (Å²) in [6.07, 6.45) is 0. The summed E-state index contributed by atoms with van der Waals surface area (Å²) >= 11 is 0. The van der Waals surface area contributed by atoms with Gasteiger partial charge in [0, 0.05) is 0 Å². The van der Waals surface area contributed by atoms with Gasteiger partial charge in [0.05, 0.1) is 0 Å².